The van der Waals surface area contributed by atoms with Gasteiger partial charge >= 0.3 is 5.97 Å². The maximum Gasteiger partial charge on any atom is 0.308 e. The molecule has 0 unspecified atom stereocenters. The molecule has 2 aromatic heterocycles. The molecule has 0 radical (unpaired) electrons. The highest BCUT2D eigenvalue weighted by Crippen LogP contribution is 2.33. The summed E-state index contributed by atoms with van der Waals surface area (Å²) in [7, 11) is 3.50. The number of carboxylic acids is 1. The topological polar surface area (TPSA) is 101 Å². The van der Waals surface area contributed by atoms with Crippen molar-refractivity contribution in [3.63, 3.8) is 0 Å². The first-order valence-electron chi connectivity index (χ1n) is 11.5. The minimum atomic E-state index is -0.791. The normalized spacial score (nSPS) is 19.4. The van der Waals surface area contributed by atoms with Crippen LogP contribution in [0.15, 0.2) is 42.9 Å². The molecular formula is C26H30N4O4. The number of nitrogens with zero attached hydrogens (tertiary/aromatic N) is 4. The van der Waals surface area contributed by atoms with Crippen molar-refractivity contribution in [1.29, 1.82) is 0 Å². The van der Waals surface area contributed by atoms with Crippen molar-refractivity contribution < 1.29 is 19.7 Å². The first kappa shape index (κ1) is 23.7. The molecule has 3 heterocycles. The average Bonchev–Trinajstić information content (AvgIpc) is 3.26. The van der Waals surface area contributed by atoms with Gasteiger partial charge in [0.2, 0.25) is 0 Å². The van der Waals surface area contributed by atoms with Crippen LogP contribution in [0.5, 0.6) is 5.75 Å². The van der Waals surface area contributed by atoms with Crippen molar-refractivity contribution in [2.45, 2.75) is 25.4 Å². The Morgan fingerprint density at radius 1 is 1.29 bits per heavy atom. The molecule has 0 saturated carbocycles. The zero-order chi connectivity index (χ0) is 24.1. The van der Waals surface area contributed by atoms with E-state index in [0.29, 0.717) is 37.5 Å². The zero-order valence-corrected chi connectivity index (χ0v) is 19.5. The second kappa shape index (κ2) is 10.7. The fourth-order valence-corrected chi connectivity index (χ4v) is 4.64. The van der Waals surface area contributed by atoms with Gasteiger partial charge in [-0.3, -0.25) is 14.7 Å². The molecule has 8 heteroatoms. The molecule has 1 fully saturated rings. The lowest BCUT2D eigenvalue weighted by molar-refractivity contribution is -0.146. The van der Waals surface area contributed by atoms with E-state index in [1.165, 1.54) is 0 Å². The number of imidazole rings is 1. The number of hydrogen-bond donors (Lipinski definition) is 2. The van der Waals surface area contributed by atoms with Crippen LogP contribution in [0, 0.1) is 23.7 Å². The van der Waals surface area contributed by atoms with Gasteiger partial charge in [0, 0.05) is 37.6 Å². The lowest BCUT2D eigenvalue weighted by Crippen LogP contribution is -2.44. The molecule has 1 aliphatic rings. The van der Waals surface area contributed by atoms with Gasteiger partial charge in [-0.25, -0.2) is 4.98 Å². The highest BCUT2D eigenvalue weighted by atomic mass is 16.5. The van der Waals surface area contributed by atoms with Crippen LogP contribution in [-0.2, 0) is 11.8 Å². The van der Waals surface area contributed by atoms with Crippen molar-refractivity contribution >= 4 is 16.9 Å². The molecule has 34 heavy (non-hydrogen) atoms. The number of aliphatic hydroxyl groups is 1. The number of benzene rings is 1. The summed E-state index contributed by atoms with van der Waals surface area (Å²) < 4.78 is 7.18. The highest BCUT2D eigenvalue weighted by molar-refractivity contribution is 5.83. The summed E-state index contributed by atoms with van der Waals surface area (Å²) in [5, 5.41) is 21.7. The van der Waals surface area contributed by atoms with E-state index in [1.54, 1.807) is 19.5 Å². The van der Waals surface area contributed by atoms with Crippen LogP contribution in [0.1, 0.15) is 36.8 Å². The molecule has 8 nitrogen and oxygen atoms in total. The second-order valence-corrected chi connectivity index (χ2v) is 8.77. The Bertz CT molecular complexity index is 1210. The van der Waals surface area contributed by atoms with E-state index in [1.807, 2.05) is 42.1 Å². The molecule has 2 N–H and O–H groups in total. The van der Waals surface area contributed by atoms with Gasteiger partial charge < -0.3 is 19.5 Å². The Labute approximate surface area is 199 Å². The monoisotopic (exact) mass is 462 g/mol. The number of piperidine rings is 1. The molecule has 0 bridgehead atoms. The molecule has 3 atom stereocenters. The quantitative estimate of drug-likeness (QED) is 0.521. The van der Waals surface area contributed by atoms with Crippen molar-refractivity contribution in [2.24, 2.45) is 18.9 Å². The molecule has 0 amide bonds. The lowest BCUT2D eigenvalue weighted by atomic mass is 9.81. The van der Waals surface area contributed by atoms with Crippen LogP contribution in [0.4, 0.5) is 0 Å². The summed E-state index contributed by atoms with van der Waals surface area (Å²) in [6.45, 7) is 1.76. The van der Waals surface area contributed by atoms with E-state index in [-0.39, 0.29) is 5.92 Å². The standard InChI is InChI=1S/C26H30N4O4/c1-29-15-12-28-25(29)4-3-13-30-14-10-18(22(17-30)26(32)33)5-8-24(31)20-9-11-27-23-7-6-19(34-2)16-21(20)23/h6-7,9,11-12,15-16,18,22,24,31H,5,8,10,13-14,17H2,1-2H3,(H,32,33)/t18-,22+,24-/m1/s1. The minimum absolute atomic E-state index is 0.00790. The predicted molar refractivity (Wildman–Crippen MR) is 128 cm³/mol. The number of aliphatic hydroxyl groups excluding tert-OH is 1. The van der Waals surface area contributed by atoms with Gasteiger partial charge in [0.1, 0.15) is 5.75 Å². The Morgan fingerprint density at radius 3 is 2.88 bits per heavy atom. The number of aromatic nitrogens is 3. The third kappa shape index (κ3) is 5.38. The van der Waals surface area contributed by atoms with Crippen LogP contribution < -0.4 is 4.74 Å². The number of aliphatic carboxylic acids is 1. The minimum Gasteiger partial charge on any atom is -0.497 e. The molecule has 178 valence electrons. The molecule has 4 rings (SSSR count). The Hall–Kier alpha value is -3.41. The summed E-state index contributed by atoms with van der Waals surface area (Å²) in [5.41, 5.74) is 1.58. The Kier molecular flexibility index (Phi) is 7.46. The zero-order valence-electron chi connectivity index (χ0n) is 19.5. The van der Waals surface area contributed by atoms with Gasteiger partial charge in [0.15, 0.2) is 5.82 Å². The largest absolute Gasteiger partial charge is 0.497 e. The van der Waals surface area contributed by atoms with Crippen molar-refractivity contribution in [3.05, 3.63) is 54.2 Å². The van der Waals surface area contributed by atoms with Crippen molar-refractivity contribution in [1.82, 2.24) is 19.4 Å². The van der Waals surface area contributed by atoms with Crippen LogP contribution >= 0.6 is 0 Å². The van der Waals surface area contributed by atoms with Gasteiger partial charge in [0.25, 0.3) is 0 Å². The Morgan fingerprint density at radius 2 is 2.15 bits per heavy atom. The number of carbonyl (C=O) groups is 1. The van der Waals surface area contributed by atoms with E-state index in [9.17, 15) is 15.0 Å². The number of likely N-dealkylation sites (tertiary alicyclic amines) is 1. The van der Waals surface area contributed by atoms with Crippen molar-refractivity contribution in [2.75, 3.05) is 26.7 Å². The number of fused-ring (bicyclic) bond motifs is 1. The molecule has 1 saturated heterocycles. The fraction of sp³-hybridized carbons (Fsp3) is 0.423. The van der Waals surface area contributed by atoms with E-state index in [4.69, 9.17) is 4.74 Å². The van der Waals surface area contributed by atoms with Gasteiger partial charge in [0.05, 0.1) is 31.2 Å². The summed E-state index contributed by atoms with van der Waals surface area (Å²) in [4.78, 5) is 22.7. The number of hydrogen-bond acceptors (Lipinski definition) is 6. The van der Waals surface area contributed by atoms with Crippen LogP contribution in [0.3, 0.4) is 0 Å². The number of aryl methyl sites for hydroxylation is 1. The number of methoxy groups -OCH3 is 1. The lowest BCUT2D eigenvalue weighted by Gasteiger charge is -2.36. The fourth-order valence-electron chi connectivity index (χ4n) is 4.64. The number of rotatable bonds is 7. The smallest absolute Gasteiger partial charge is 0.308 e. The second-order valence-electron chi connectivity index (χ2n) is 8.77. The molecule has 0 aliphatic carbocycles. The summed E-state index contributed by atoms with van der Waals surface area (Å²) >= 11 is 0. The maximum atomic E-state index is 12.0. The third-order valence-corrected chi connectivity index (χ3v) is 6.63. The number of pyridine rings is 1. The van der Waals surface area contributed by atoms with Gasteiger partial charge in [-0.1, -0.05) is 5.92 Å². The van der Waals surface area contributed by atoms with Crippen molar-refractivity contribution in [3.8, 4) is 17.6 Å². The van der Waals surface area contributed by atoms with Gasteiger partial charge in [-0.15, -0.1) is 0 Å². The van der Waals surface area contributed by atoms with Crippen LogP contribution in [0.2, 0.25) is 0 Å². The Balaban J connectivity index is 1.38. The first-order chi connectivity index (χ1) is 16.5. The van der Waals surface area contributed by atoms with Gasteiger partial charge in [-0.2, -0.15) is 0 Å². The number of ether oxygens (including phenoxy) is 1. The first-order valence-corrected chi connectivity index (χ1v) is 11.5. The average molecular weight is 463 g/mol. The van der Waals surface area contributed by atoms with Gasteiger partial charge in [-0.05, 0) is 67.5 Å². The molecular weight excluding hydrogens is 432 g/mol. The highest BCUT2D eigenvalue weighted by Gasteiger charge is 2.34. The van der Waals surface area contributed by atoms with Crippen LogP contribution in [-0.4, -0.2) is 62.4 Å². The van der Waals surface area contributed by atoms with E-state index >= 15 is 0 Å². The van der Waals surface area contributed by atoms with E-state index in [2.05, 4.69) is 26.7 Å². The van der Waals surface area contributed by atoms with E-state index in [0.717, 1.165) is 29.4 Å². The summed E-state index contributed by atoms with van der Waals surface area (Å²) in [6.07, 6.45) is 6.43. The molecule has 3 aromatic rings. The van der Waals surface area contributed by atoms with E-state index < -0.39 is 18.0 Å². The summed E-state index contributed by atoms with van der Waals surface area (Å²) in [5.74, 6) is 6.29. The SMILES string of the molecule is COc1ccc2nccc([C@H](O)CC[C@@H]3CCN(CC#Cc4nccn4C)C[C@@H]3C(=O)O)c2c1. The maximum absolute atomic E-state index is 12.0. The number of carboxylic acid groups (broad SMARTS) is 1. The van der Waals surface area contributed by atoms with Crippen LogP contribution in [0.25, 0.3) is 10.9 Å². The molecule has 0 spiro atoms. The summed E-state index contributed by atoms with van der Waals surface area (Å²) in [6, 6.07) is 7.42. The molecule has 1 aliphatic heterocycles. The molecule has 1 aromatic carbocycles. The third-order valence-electron chi connectivity index (χ3n) is 6.63. The predicted octanol–water partition coefficient (Wildman–Crippen LogP) is 2.86.